The third-order valence-electron chi connectivity index (χ3n) is 7.97. The molecule has 0 aromatic rings. The second kappa shape index (κ2) is 11.8. The number of aliphatic carboxylic acids is 1. The second-order valence-electron chi connectivity index (χ2n) is 10.9. The maximum absolute atomic E-state index is 13.4. The Hall–Kier alpha value is -1.73. The molecule has 192 valence electrons. The van der Waals surface area contributed by atoms with Gasteiger partial charge in [-0.2, -0.15) is 0 Å². The number of carbonyl (C=O) groups excluding carboxylic acids is 2. The molecule has 2 aliphatic carbocycles. The molecule has 0 amide bonds. The van der Waals surface area contributed by atoms with Crippen LogP contribution in [0.4, 0.5) is 0 Å². The van der Waals surface area contributed by atoms with Crippen LogP contribution in [0.15, 0.2) is 12.2 Å². The van der Waals surface area contributed by atoms with Crippen LogP contribution in [0.2, 0.25) is 0 Å². The number of rotatable bonds is 8. The average Bonchev–Trinajstić information content (AvgIpc) is 2.74. The van der Waals surface area contributed by atoms with Crippen molar-refractivity contribution >= 4 is 17.7 Å². The monoisotopic (exact) mass is 478 g/mol. The zero-order chi connectivity index (χ0) is 24.9. The average molecular weight is 479 g/mol. The molecular formula is C27H42O7. The van der Waals surface area contributed by atoms with Crippen LogP contribution in [-0.2, 0) is 23.9 Å². The summed E-state index contributed by atoms with van der Waals surface area (Å²) in [5.41, 5.74) is -1.76. The zero-order valence-electron chi connectivity index (χ0n) is 20.9. The number of hydrogen-bond donors (Lipinski definition) is 2. The van der Waals surface area contributed by atoms with E-state index in [0.717, 1.165) is 19.3 Å². The number of aliphatic hydroxyl groups is 1. The Kier molecular flexibility index (Phi) is 9.33. The molecule has 0 aromatic heterocycles. The molecule has 2 N–H and O–H groups in total. The van der Waals surface area contributed by atoms with E-state index in [1.165, 1.54) is 12.8 Å². The predicted octanol–water partition coefficient (Wildman–Crippen LogP) is 4.31. The minimum Gasteiger partial charge on any atom is -0.479 e. The highest BCUT2D eigenvalue weighted by atomic mass is 16.5. The minimum absolute atomic E-state index is 0.0382. The maximum Gasteiger partial charge on any atom is 0.336 e. The standard InChI is InChI=1S/C27H42O7/c1-4-33-23(29)12-13-27(26(31)32)16-22(28)20-15-19(18-10-8-6-5-7-9-11-18)24(30)21(14-17(2)3)25(20)34-27/h8,10,17-21,24-25,30H,4-7,9,11-16H2,1-3H3,(H,31,32). The Morgan fingerprint density at radius 1 is 1.26 bits per heavy atom. The van der Waals surface area contributed by atoms with E-state index in [2.05, 4.69) is 26.0 Å². The summed E-state index contributed by atoms with van der Waals surface area (Å²) in [5, 5.41) is 21.7. The van der Waals surface area contributed by atoms with Gasteiger partial charge in [-0.3, -0.25) is 9.59 Å². The van der Waals surface area contributed by atoms with E-state index in [1.54, 1.807) is 6.92 Å². The number of fused-ring (bicyclic) bond motifs is 1. The summed E-state index contributed by atoms with van der Waals surface area (Å²) in [6, 6.07) is 0. The number of carboxylic acids is 1. The lowest BCUT2D eigenvalue weighted by atomic mass is 9.61. The first kappa shape index (κ1) is 26.9. The van der Waals surface area contributed by atoms with Gasteiger partial charge in [-0.05, 0) is 63.2 Å². The molecule has 3 aliphatic rings. The van der Waals surface area contributed by atoms with Gasteiger partial charge in [0.25, 0.3) is 0 Å². The molecule has 7 nitrogen and oxygen atoms in total. The summed E-state index contributed by atoms with van der Waals surface area (Å²) in [6.45, 7) is 6.04. The molecule has 1 saturated heterocycles. The molecular weight excluding hydrogens is 436 g/mol. The number of carbonyl (C=O) groups is 3. The van der Waals surface area contributed by atoms with Crippen LogP contribution in [0.5, 0.6) is 0 Å². The van der Waals surface area contributed by atoms with Gasteiger partial charge in [0.1, 0.15) is 5.78 Å². The fourth-order valence-electron chi connectivity index (χ4n) is 6.28. The van der Waals surface area contributed by atoms with E-state index in [9.17, 15) is 24.6 Å². The molecule has 1 saturated carbocycles. The van der Waals surface area contributed by atoms with Crippen molar-refractivity contribution in [1.29, 1.82) is 0 Å². The van der Waals surface area contributed by atoms with Crippen LogP contribution >= 0.6 is 0 Å². The highest BCUT2D eigenvalue weighted by Gasteiger charge is 2.58. The largest absolute Gasteiger partial charge is 0.479 e. The van der Waals surface area contributed by atoms with Crippen LogP contribution in [0.3, 0.4) is 0 Å². The number of ketones is 1. The van der Waals surface area contributed by atoms with Crippen LogP contribution in [0.1, 0.15) is 85.0 Å². The van der Waals surface area contributed by atoms with Gasteiger partial charge < -0.3 is 19.7 Å². The van der Waals surface area contributed by atoms with Crippen molar-refractivity contribution in [2.24, 2.45) is 29.6 Å². The molecule has 2 fully saturated rings. The summed E-state index contributed by atoms with van der Waals surface area (Å²) in [5.74, 6) is -2.17. The van der Waals surface area contributed by atoms with Crippen molar-refractivity contribution in [3.8, 4) is 0 Å². The van der Waals surface area contributed by atoms with E-state index in [0.29, 0.717) is 12.8 Å². The summed E-state index contributed by atoms with van der Waals surface area (Å²) in [7, 11) is 0. The Morgan fingerprint density at radius 3 is 2.71 bits per heavy atom. The summed E-state index contributed by atoms with van der Waals surface area (Å²) >= 11 is 0. The Bertz CT molecular complexity index is 760. The van der Waals surface area contributed by atoms with Gasteiger partial charge in [-0.1, -0.05) is 38.8 Å². The molecule has 7 atom stereocenters. The molecule has 0 spiro atoms. The van der Waals surface area contributed by atoms with Crippen LogP contribution in [-0.4, -0.2) is 52.4 Å². The fraction of sp³-hybridized carbons (Fsp3) is 0.815. The molecule has 1 aliphatic heterocycles. The number of allylic oxidation sites excluding steroid dienone is 2. The lowest BCUT2D eigenvalue weighted by Crippen LogP contribution is -2.61. The predicted molar refractivity (Wildman–Crippen MR) is 127 cm³/mol. The Labute approximate surface area is 203 Å². The summed E-state index contributed by atoms with van der Waals surface area (Å²) < 4.78 is 11.3. The third kappa shape index (κ3) is 6.09. The van der Waals surface area contributed by atoms with E-state index in [4.69, 9.17) is 9.47 Å². The third-order valence-corrected chi connectivity index (χ3v) is 7.97. The molecule has 0 radical (unpaired) electrons. The second-order valence-corrected chi connectivity index (χ2v) is 10.9. The van der Waals surface area contributed by atoms with Gasteiger partial charge in [0.05, 0.1) is 18.8 Å². The van der Waals surface area contributed by atoms with Crippen molar-refractivity contribution in [3.63, 3.8) is 0 Å². The SMILES string of the molecule is CCOC(=O)CCC1(C(=O)O)CC(=O)C2CC(C3C=CCCCCC3)C(O)C(CC(C)C)C2O1. The zero-order valence-corrected chi connectivity index (χ0v) is 20.9. The van der Waals surface area contributed by atoms with Gasteiger partial charge in [0.15, 0.2) is 5.60 Å². The first-order chi connectivity index (χ1) is 16.2. The van der Waals surface area contributed by atoms with Crippen molar-refractivity contribution in [2.45, 2.75) is 103 Å². The quantitative estimate of drug-likeness (QED) is 0.395. The number of esters is 1. The van der Waals surface area contributed by atoms with Crippen molar-refractivity contribution in [1.82, 2.24) is 0 Å². The number of carboxylic acid groups (broad SMARTS) is 1. The molecule has 0 aromatic carbocycles. The highest BCUT2D eigenvalue weighted by Crippen LogP contribution is 2.49. The van der Waals surface area contributed by atoms with Crippen LogP contribution in [0, 0.1) is 29.6 Å². The van der Waals surface area contributed by atoms with Crippen molar-refractivity contribution in [3.05, 3.63) is 12.2 Å². The Morgan fingerprint density at radius 2 is 2.03 bits per heavy atom. The maximum atomic E-state index is 13.4. The minimum atomic E-state index is -1.76. The first-order valence-electron chi connectivity index (χ1n) is 13.1. The van der Waals surface area contributed by atoms with Crippen molar-refractivity contribution in [2.75, 3.05) is 6.61 Å². The normalized spacial score (nSPS) is 36.4. The fourth-order valence-corrected chi connectivity index (χ4v) is 6.28. The molecule has 1 heterocycles. The number of ether oxygens (including phenoxy) is 2. The summed E-state index contributed by atoms with van der Waals surface area (Å²) in [6.07, 6.45) is 9.31. The van der Waals surface area contributed by atoms with Crippen molar-refractivity contribution < 1.29 is 34.1 Å². The molecule has 7 unspecified atom stereocenters. The van der Waals surface area contributed by atoms with Gasteiger partial charge >= 0.3 is 11.9 Å². The number of Topliss-reactive ketones (excluding diaryl/α,β-unsaturated/α-hetero) is 1. The van der Waals surface area contributed by atoms with Gasteiger partial charge in [0.2, 0.25) is 0 Å². The topological polar surface area (TPSA) is 110 Å². The highest BCUT2D eigenvalue weighted by molar-refractivity contribution is 5.91. The lowest BCUT2D eigenvalue weighted by Gasteiger charge is -2.52. The molecule has 7 heteroatoms. The van der Waals surface area contributed by atoms with Crippen LogP contribution < -0.4 is 0 Å². The van der Waals surface area contributed by atoms with E-state index in [-0.39, 0.29) is 55.3 Å². The lowest BCUT2D eigenvalue weighted by molar-refractivity contribution is -0.224. The first-order valence-corrected chi connectivity index (χ1v) is 13.1. The molecule has 34 heavy (non-hydrogen) atoms. The number of aliphatic hydroxyl groups excluding tert-OH is 1. The van der Waals surface area contributed by atoms with E-state index in [1.807, 2.05) is 0 Å². The van der Waals surface area contributed by atoms with Gasteiger partial charge in [0, 0.05) is 24.7 Å². The summed E-state index contributed by atoms with van der Waals surface area (Å²) in [4.78, 5) is 37.8. The van der Waals surface area contributed by atoms with Gasteiger partial charge in [-0.15, -0.1) is 0 Å². The van der Waals surface area contributed by atoms with E-state index < -0.39 is 35.7 Å². The van der Waals surface area contributed by atoms with Gasteiger partial charge in [-0.25, -0.2) is 4.79 Å². The van der Waals surface area contributed by atoms with E-state index >= 15 is 0 Å². The Balaban J connectivity index is 1.88. The number of hydrogen-bond acceptors (Lipinski definition) is 6. The molecule has 0 bridgehead atoms. The molecule has 3 rings (SSSR count). The smallest absolute Gasteiger partial charge is 0.336 e. The van der Waals surface area contributed by atoms with Crippen LogP contribution in [0.25, 0.3) is 0 Å².